The molecule has 14 heteroatoms. The molecule has 10 nitrogen and oxygen atoms in total. The molecule has 1 atom stereocenters. The Hall–Kier alpha value is -2.52. The third-order valence-corrected chi connectivity index (χ3v) is 10.5. The maximum Gasteiger partial charge on any atom is 0.389 e. The monoisotopic (exact) mass is 659 g/mol. The van der Waals surface area contributed by atoms with Gasteiger partial charge in [0.25, 0.3) is 5.91 Å². The van der Waals surface area contributed by atoms with Gasteiger partial charge in [-0.1, -0.05) is 0 Å². The summed E-state index contributed by atoms with van der Waals surface area (Å²) in [6, 6.07) is 3.60. The van der Waals surface area contributed by atoms with Gasteiger partial charge in [0.15, 0.2) is 0 Å². The Kier molecular flexibility index (Phi) is 11.7. The number of hydrogen-bond acceptors (Lipinski definition) is 8. The summed E-state index contributed by atoms with van der Waals surface area (Å²) in [4.78, 5) is 17.8. The average Bonchev–Trinajstić information content (AvgIpc) is 3.30. The van der Waals surface area contributed by atoms with Crippen molar-refractivity contribution < 1.29 is 46.1 Å². The van der Waals surface area contributed by atoms with E-state index in [0.29, 0.717) is 37.3 Å². The zero-order chi connectivity index (χ0) is 32.8. The number of aliphatic imine (C=N–C) groups is 1. The first-order valence-electron chi connectivity index (χ1n) is 15.5. The number of rotatable bonds is 13. The SMILES string of the molecule is Cc1cc(OCCOC[C@H](O)CO)cc(C)c1C=CS(=O)(=O)N1CCC2(CC1)N=C(C1CCC(CCC(F)(F)F)CC1)NC2=O. The van der Waals surface area contributed by atoms with Crippen LogP contribution in [-0.2, 0) is 19.6 Å². The highest BCUT2D eigenvalue weighted by Crippen LogP contribution is 2.38. The topological polar surface area (TPSA) is 138 Å². The van der Waals surface area contributed by atoms with Gasteiger partial charge in [-0.15, -0.1) is 0 Å². The highest BCUT2D eigenvalue weighted by Gasteiger charge is 2.48. The van der Waals surface area contributed by atoms with Crippen LogP contribution in [0.25, 0.3) is 6.08 Å². The largest absolute Gasteiger partial charge is 0.491 e. The van der Waals surface area contributed by atoms with Crippen molar-refractivity contribution in [1.82, 2.24) is 9.62 Å². The number of piperidine rings is 1. The number of ether oxygens (including phenoxy) is 2. The van der Waals surface area contributed by atoms with Crippen molar-refractivity contribution in [3.05, 3.63) is 34.2 Å². The minimum Gasteiger partial charge on any atom is -0.491 e. The van der Waals surface area contributed by atoms with Gasteiger partial charge in [-0.3, -0.25) is 9.79 Å². The Bertz CT molecular complexity index is 1330. The smallest absolute Gasteiger partial charge is 0.389 e. The molecular weight excluding hydrogens is 615 g/mol. The van der Waals surface area contributed by atoms with E-state index in [1.165, 1.54) is 9.71 Å². The Labute approximate surface area is 262 Å². The van der Waals surface area contributed by atoms with Crippen molar-refractivity contribution in [3.63, 3.8) is 0 Å². The van der Waals surface area contributed by atoms with Gasteiger partial charge in [0, 0.05) is 30.8 Å². The second-order valence-electron chi connectivity index (χ2n) is 12.3. The van der Waals surface area contributed by atoms with Crippen LogP contribution in [0, 0.1) is 25.7 Å². The van der Waals surface area contributed by atoms with E-state index in [1.54, 1.807) is 18.2 Å². The third kappa shape index (κ3) is 9.50. The number of benzene rings is 1. The van der Waals surface area contributed by atoms with Crippen LogP contribution >= 0.6 is 0 Å². The fraction of sp³-hybridized carbons (Fsp3) is 0.677. The molecule has 0 unspecified atom stereocenters. The van der Waals surface area contributed by atoms with E-state index in [2.05, 4.69) is 5.32 Å². The number of carbonyl (C=O) groups excluding carboxylic acids is 1. The Morgan fingerprint density at radius 1 is 1.13 bits per heavy atom. The van der Waals surface area contributed by atoms with Crippen LogP contribution in [0.2, 0.25) is 0 Å². The Morgan fingerprint density at radius 2 is 1.78 bits per heavy atom. The lowest BCUT2D eigenvalue weighted by atomic mass is 9.79. The van der Waals surface area contributed by atoms with Gasteiger partial charge < -0.3 is 25.0 Å². The van der Waals surface area contributed by atoms with Crippen molar-refractivity contribution in [3.8, 4) is 5.75 Å². The second kappa shape index (κ2) is 14.9. The third-order valence-electron chi connectivity index (χ3n) is 8.97. The first-order chi connectivity index (χ1) is 21.2. The summed E-state index contributed by atoms with van der Waals surface area (Å²) in [6.07, 6.45) is -0.940. The summed E-state index contributed by atoms with van der Waals surface area (Å²) in [7, 11) is -3.77. The number of hydrogen-bond donors (Lipinski definition) is 3. The Balaban J connectivity index is 1.29. The maximum atomic E-state index is 13.2. The predicted octanol–water partition coefficient (Wildman–Crippen LogP) is 3.86. The summed E-state index contributed by atoms with van der Waals surface area (Å²) in [5, 5.41) is 22.2. The average molecular weight is 660 g/mol. The fourth-order valence-electron chi connectivity index (χ4n) is 6.29. The lowest BCUT2D eigenvalue weighted by Crippen LogP contribution is -2.50. The molecule has 1 aromatic carbocycles. The molecule has 1 saturated carbocycles. The molecule has 1 spiro atoms. The maximum absolute atomic E-state index is 13.2. The van der Waals surface area contributed by atoms with Gasteiger partial charge in [-0.2, -0.15) is 17.5 Å². The van der Waals surface area contributed by atoms with Crippen LogP contribution in [0.4, 0.5) is 13.2 Å². The van der Waals surface area contributed by atoms with Gasteiger partial charge in [-0.25, -0.2) is 8.42 Å². The molecule has 3 N–H and O–H groups in total. The van der Waals surface area contributed by atoms with E-state index in [9.17, 15) is 31.5 Å². The number of amides is 1. The number of alkyl halides is 3. The van der Waals surface area contributed by atoms with Gasteiger partial charge in [0.1, 0.15) is 29.8 Å². The molecule has 4 rings (SSSR count). The number of aliphatic hydroxyl groups excluding tert-OH is 2. The predicted molar refractivity (Wildman–Crippen MR) is 163 cm³/mol. The van der Waals surface area contributed by atoms with Crippen molar-refractivity contribution in [1.29, 1.82) is 0 Å². The van der Waals surface area contributed by atoms with E-state index >= 15 is 0 Å². The van der Waals surface area contributed by atoms with Crippen molar-refractivity contribution in [2.45, 2.75) is 83.0 Å². The molecule has 2 aliphatic heterocycles. The molecule has 3 aliphatic rings. The molecule has 252 valence electrons. The standard InChI is InChI=1S/C31H44F3N3O7S/c1-21-17-26(44-15-14-43-20-25(39)19-38)18-22(2)27(21)8-16-45(41,42)37-12-10-30(11-13-37)29(40)35-28(36-30)24-5-3-23(4-6-24)7-9-31(32,33)34/h8,16-18,23-25,38-39H,3-7,9-15,19-20H2,1-2H3,(H,35,36,40)/t23?,24?,25-/m1/s1. The zero-order valence-corrected chi connectivity index (χ0v) is 26.6. The number of halogens is 3. The molecule has 1 amide bonds. The summed E-state index contributed by atoms with van der Waals surface area (Å²) in [6.45, 7) is 4.10. The summed E-state index contributed by atoms with van der Waals surface area (Å²) in [5.74, 6) is 0.994. The number of nitrogens with zero attached hydrogens (tertiary/aromatic N) is 2. The van der Waals surface area contributed by atoms with E-state index in [1.807, 2.05) is 13.8 Å². The molecule has 2 fully saturated rings. The van der Waals surface area contributed by atoms with Gasteiger partial charge >= 0.3 is 6.18 Å². The van der Waals surface area contributed by atoms with Gasteiger partial charge in [0.2, 0.25) is 10.0 Å². The second-order valence-corrected chi connectivity index (χ2v) is 14.2. The Morgan fingerprint density at radius 3 is 2.38 bits per heavy atom. The van der Waals surface area contributed by atoms with E-state index < -0.39 is 34.3 Å². The van der Waals surface area contributed by atoms with E-state index in [4.69, 9.17) is 19.6 Å². The highest BCUT2D eigenvalue weighted by atomic mass is 32.2. The molecule has 0 radical (unpaired) electrons. The lowest BCUT2D eigenvalue weighted by molar-refractivity contribution is -0.138. The van der Waals surface area contributed by atoms with Gasteiger partial charge in [0.05, 0.1) is 19.8 Å². The van der Waals surface area contributed by atoms with Crippen LogP contribution in [0.15, 0.2) is 22.5 Å². The summed E-state index contributed by atoms with van der Waals surface area (Å²) >= 11 is 0. The highest BCUT2D eigenvalue weighted by molar-refractivity contribution is 7.92. The van der Waals surface area contributed by atoms with Crippen molar-refractivity contribution in [2.24, 2.45) is 16.8 Å². The summed E-state index contributed by atoms with van der Waals surface area (Å²) < 4.78 is 76.5. The molecule has 0 aromatic heterocycles. The number of sulfonamides is 1. The lowest BCUT2D eigenvalue weighted by Gasteiger charge is -2.34. The van der Waals surface area contributed by atoms with Crippen LogP contribution in [0.3, 0.4) is 0 Å². The first kappa shape index (κ1) is 35.3. The normalized spacial score (nSPS) is 23.4. The quantitative estimate of drug-likeness (QED) is 0.274. The molecule has 2 heterocycles. The van der Waals surface area contributed by atoms with Crippen molar-refractivity contribution in [2.75, 3.05) is 39.5 Å². The number of nitrogens with one attached hydrogen (secondary N) is 1. The minimum atomic E-state index is -4.14. The number of aryl methyl sites for hydroxylation is 2. The number of amidine groups is 1. The molecular formula is C31H44F3N3O7S. The molecule has 1 saturated heterocycles. The van der Waals surface area contributed by atoms with Gasteiger partial charge in [-0.05, 0) is 99.6 Å². The minimum absolute atomic E-state index is 0.00245. The zero-order valence-electron chi connectivity index (χ0n) is 25.8. The van der Waals surface area contributed by atoms with Crippen LogP contribution in [-0.4, -0.2) is 92.0 Å². The molecule has 1 aliphatic carbocycles. The van der Waals surface area contributed by atoms with E-state index in [0.717, 1.165) is 16.7 Å². The van der Waals surface area contributed by atoms with Crippen LogP contribution in [0.1, 0.15) is 68.1 Å². The molecule has 1 aromatic rings. The van der Waals surface area contributed by atoms with Crippen LogP contribution in [0.5, 0.6) is 5.75 Å². The first-order valence-corrected chi connectivity index (χ1v) is 17.0. The van der Waals surface area contributed by atoms with Crippen molar-refractivity contribution >= 4 is 27.8 Å². The molecule has 45 heavy (non-hydrogen) atoms. The number of carbonyl (C=O) groups is 1. The van der Waals surface area contributed by atoms with E-state index in [-0.39, 0.29) is 76.5 Å². The van der Waals surface area contributed by atoms with Crippen LogP contribution < -0.4 is 10.1 Å². The summed E-state index contributed by atoms with van der Waals surface area (Å²) in [5.41, 5.74) is 1.39. The molecule has 0 bridgehead atoms. The fourth-order valence-corrected chi connectivity index (χ4v) is 7.46. The number of aliphatic hydroxyl groups is 2.